The van der Waals surface area contributed by atoms with Gasteiger partial charge in [0, 0.05) is 49.0 Å². The molecule has 0 spiro atoms. The maximum absolute atomic E-state index is 12.9. The van der Waals surface area contributed by atoms with Crippen LogP contribution in [0, 0.1) is 5.92 Å². The van der Waals surface area contributed by atoms with E-state index in [1.165, 1.54) is 0 Å². The number of esters is 1. The van der Waals surface area contributed by atoms with Gasteiger partial charge in [-0.2, -0.15) is 0 Å². The first-order valence-corrected chi connectivity index (χ1v) is 15.8. The molecular weight excluding hydrogens is 606 g/mol. The highest BCUT2D eigenvalue weighted by Gasteiger charge is 2.55. The summed E-state index contributed by atoms with van der Waals surface area (Å²) in [7, 11) is 1.10. The molecule has 0 aromatic carbocycles. The van der Waals surface area contributed by atoms with Gasteiger partial charge in [0.05, 0.1) is 32.0 Å². The molecule has 254 valence electrons. The van der Waals surface area contributed by atoms with Gasteiger partial charge in [-0.3, -0.25) is 4.79 Å². The Kier molecular flexibility index (Phi) is 16.8. The number of aliphatic hydroxyl groups is 7. The minimum absolute atomic E-state index is 0.0931. The van der Waals surface area contributed by atoms with E-state index in [9.17, 15) is 45.3 Å². The van der Waals surface area contributed by atoms with Crippen molar-refractivity contribution in [3.8, 4) is 0 Å². The van der Waals surface area contributed by atoms with Gasteiger partial charge in [-0.05, 0) is 31.2 Å². The Balaban J connectivity index is 1.94. The van der Waals surface area contributed by atoms with Crippen LogP contribution in [0.4, 0.5) is 0 Å². The molecular formula is C27H47N3O13S. The van der Waals surface area contributed by atoms with E-state index in [1.807, 2.05) is 0 Å². The smallest absolute Gasteiger partial charge is 0.348 e. The lowest BCUT2D eigenvalue weighted by atomic mass is 9.85. The van der Waals surface area contributed by atoms with Crippen LogP contribution in [0.5, 0.6) is 0 Å². The van der Waals surface area contributed by atoms with Crippen molar-refractivity contribution in [3.05, 3.63) is 10.4 Å². The number of carbonyl (C=O) groups is 2. The fourth-order valence-electron chi connectivity index (χ4n) is 5.09. The van der Waals surface area contributed by atoms with E-state index in [2.05, 4.69) is 10.0 Å². The minimum Gasteiger partial charge on any atom is -0.466 e. The van der Waals surface area contributed by atoms with Crippen LogP contribution in [-0.4, -0.2) is 140 Å². The fourth-order valence-corrected chi connectivity index (χ4v) is 6.46. The maximum atomic E-state index is 12.9. The molecule has 0 radical (unpaired) electrons. The summed E-state index contributed by atoms with van der Waals surface area (Å²) in [4.78, 5) is 25.8. The van der Waals surface area contributed by atoms with Crippen LogP contribution < -0.4 is 0 Å². The normalized spacial score (nSPS) is 33.7. The second kappa shape index (κ2) is 19.2. The highest BCUT2D eigenvalue weighted by Crippen LogP contribution is 2.44. The molecule has 0 aromatic heterocycles. The Labute approximate surface area is 260 Å². The number of nitrogens with zero attached hydrogens (tertiary/aromatic N) is 3. The van der Waals surface area contributed by atoms with Crippen molar-refractivity contribution in [2.75, 3.05) is 32.6 Å². The molecule has 0 saturated carbocycles. The summed E-state index contributed by atoms with van der Waals surface area (Å²) in [5, 5.41) is 75.4. The average molecular weight is 654 g/mol. The molecule has 2 rings (SSSR count). The zero-order valence-electron chi connectivity index (χ0n) is 25.1. The summed E-state index contributed by atoms with van der Waals surface area (Å²) in [5.74, 6) is -1.75. The van der Waals surface area contributed by atoms with Crippen molar-refractivity contribution in [1.29, 1.82) is 0 Å². The number of hydrogen-bond donors (Lipinski definition) is 7. The van der Waals surface area contributed by atoms with Crippen molar-refractivity contribution in [3.63, 3.8) is 0 Å². The summed E-state index contributed by atoms with van der Waals surface area (Å²) in [6.45, 7) is 1.26. The highest BCUT2D eigenvalue weighted by molar-refractivity contribution is 8.01. The third-order valence-corrected chi connectivity index (χ3v) is 9.29. The second-order valence-corrected chi connectivity index (χ2v) is 12.4. The van der Waals surface area contributed by atoms with Gasteiger partial charge >= 0.3 is 5.97 Å². The van der Waals surface area contributed by atoms with E-state index < -0.39 is 78.5 Å². The average Bonchev–Trinajstić information content (AvgIpc) is 3.02. The molecule has 3 unspecified atom stereocenters. The Morgan fingerprint density at radius 3 is 2.39 bits per heavy atom. The third kappa shape index (κ3) is 10.7. The lowest BCUT2D eigenvalue weighted by Crippen LogP contribution is -2.61. The Morgan fingerprint density at radius 1 is 1.07 bits per heavy atom. The zero-order chi connectivity index (χ0) is 32.9. The molecule has 2 heterocycles. The van der Waals surface area contributed by atoms with Crippen molar-refractivity contribution in [2.24, 2.45) is 11.0 Å². The lowest BCUT2D eigenvalue weighted by molar-refractivity contribution is -0.292. The van der Waals surface area contributed by atoms with Gasteiger partial charge in [0.2, 0.25) is 4.93 Å². The molecule has 0 aliphatic carbocycles. The quantitative estimate of drug-likeness (QED) is 0.0305. The number of ketones is 1. The molecule has 7 N–H and O–H groups in total. The summed E-state index contributed by atoms with van der Waals surface area (Å²) in [6.07, 6.45) is -9.29. The van der Waals surface area contributed by atoms with Crippen molar-refractivity contribution >= 4 is 23.5 Å². The van der Waals surface area contributed by atoms with Gasteiger partial charge < -0.3 is 54.7 Å². The minimum atomic E-state index is -1.90. The molecule has 0 amide bonds. The highest BCUT2D eigenvalue weighted by atomic mass is 32.2. The van der Waals surface area contributed by atoms with Crippen LogP contribution in [0.25, 0.3) is 10.4 Å². The van der Waals surface area contributed by atoms with Crippen molar-refractivity contribution in [2.45, 2.75) is 118 Å². The van der Waals surface area contributed by atoms with Gasteiger partial charge in [0.1, 0.15) is 36.3 Å². The Bertz CT molecular complexity index is 945. The van der Waals surface area contributed by atoms with Crippen LogP contribution in [0.2, 0.25) is 0 Å². The maximum Gasteiger partial charge on any atom is 0.348 e. The number of thioether (sulfide) groups is 1. The number of azide groups is 1. The van der Waals surface area contributed by atoms with Crippen molar-refractivity contribution < 1.29 is 64.3 Å². The summed E-state index contributed by atoms with van der Waals surface area (Å²) >= 11 is 0.782. The lowest BCUT2D eigenvalue weighted by Gasteiger charge is -2.47. The van der Waals surface area contributed by atoms with Crippen LogP contribution in [0.1, 0.15) is 58.3 Å². The molecule has 44 heavy (non-hydrogen) atoms. The first kappa shape index (κ1) is 38.6. The fraction of sp³-hybridized carbons (Fsp3) is 0.926. The number of aliphatic hydroxyl groups excluding tert-OH is 7. The van der Waals surface area contributed by atoms with Crippen molar-refractivity contribution in [1.82, 2.24) is 0 Å². The van der Waals surface area contributed by atoms with Gasteiger partial charge in [-0.1, -0.05) is 18.5 Å². The molecule has 2 saturated heterocycles. The van der Waals surface area contributed by atoms with Gasteiger partial charge in [-0.25, -0.2) is 4.79 Å². The largest absolute Gasteiger partial charge is 0.466 e. The number of rotatable bonds is 19. The predicted molar refractivity (Wildman–Crippen MR) is 155 cm³/mol. The molecule has 0 bridgehead atoms. The van der Waals surface area contributed by atoms with Crippen LogP contribution in [0.15, 0.2) is 5.11 Å². The summed E-state index contributed by atoms with van der Waals surface area (Å²) in [5.41, 5.74) is 8.26. The van der Waals surface area contributed by atoms with E-state index in [0.717, 1.165) is 31.7 Å². The number of methoxy groups -OCH3 is 1. The number of hydrogen-bond acceptors (Lipinski definition) is 15. The topological polar surface area (TPSA) is 261 Å². The molecule has 11 atom stereocenters. The molecule has 0 aromatic rings. The standard InChI is InChI=1S/C27H47N3O13S/c1-15-17(33)12-27(26(39)40-2,43-24(15)20(35)18(34)13-31)44-14-19-21(36)22(37)23(38)25(42-19)41-11-7-5-9-16(32)8-4-3-6-10-29-30-28/h15,17-25,31,33-38H,3-14H2,1-2H3/t15-,17-,18-,19?,20-,21+,22+,23?,24?,25-,27+/m1/s1. The van der Waals surface area contributed by atoms with E-state index in [1.54, 1.807) is 6.92 Å². The van der Waals surface area contributed by atoms with E-state index in [4.69, 9.17) is 24.5 Å². The van der Waals surface area contributed by atoms with Gasteiger partial charge in [0.25, 0.3) is 0 Å². The number of Topliss-reactive ketones (excluding diaryl/α,β-unsaturated/α-hetero) is 1. The van der Waals surface area contributed by atoms with Crippen LogP contribution in [-0.2, 0) is 28.5 Å². The third-order valence-electron chi connectivity index (χ3n) is 7.90. The Hall–Kier alpha value is -1.60. The Morgan fingerprint density at radius 2 is 1.75 bits per heavy atom. The number of ether oxygens (including phenoxy) is 4. The first-order valence-electron chi connectivity index (χ1n) is 14.8. The molecule has 2 fully saturated rings. The number of carbonyl (C=O) groups excluding carboxylic acids is 2. The summed E-state index contributed by atoms with van der Waals surface area (Å²) in [6, 6.07) is 0. The van der Waals surface area contributed by atoms with E-state index >= 15 is 0 Å². The molecule has 2 aliphatic heterocycles. The molecule has 16 nitrogen and oxygen atoms in total. The molecule has 17 heteroatoms. The molecule has 2 aliphatic rings. The predicted octanol–water partition coefficient (Wildman–Crippen LogP) is -0.477. The second-order valence-electron chi connectivity index (χ2n) is 11.2. The first-order chi connectivity index (χ1) is 20.9. The van der Waals surface area contributed by atoms with Gasteiger partial charge in [0.15, 0.2) is 6.29 Å². The van der Waals surface area contributed by atoms with Gasteiger partial charge in [-0.15, -0.1) is 11.8 Å². The van der Waals surface area contributed by atoms with Crippen LogP contribution >= 0.6 is 11.8 Å². The van der Waals surface area contributed by atoms with E-state index in [0.29, 0.717) is 38.6 Å². The SMILES string of the molecule is COC(=O)[C@@]1(SCC2O[C@@H](OCCCCC(=O)CCCCCN=[N+]=[N-])C(O)[C@@H](O)[C@H]2O)C[C@@H](O)[C@@H](C)C([C@H](O)[C@H](O)CO)O1. The van der Waals surface area contributed by atoms with E-state index in [-0.39, 0.29) is 24.6 Å². The monoisotopic (exact) mass is 653 g/mol. The summed E-state index contributed by atoms with van der Waals surface area (Å²) < 4.78 is 22.2. The zero-order valence-corrected chi connectivity index (χ0v) is 25.9. The number of unbranched alkanes of at least 4 members (excludes halogenated alkanes) is 3. The van der Waals surface area contributed by atoms with Crippen LogP contribution in [0.3, 0.4) is 0 Å².